The van der Waals surface area contributed by atoms with Gasteiger partial charge < -0.3 is 10.5 Å². The van der Waals surface area contributed by atoms with Gasteiger partial charge in [0.2, 0.25) is 0 Å². The van der Waals surface area contributed by atoms with Crippen LogP contribution in [-0.4, -0.2) is 27.0 Å². The van der Waals surface area contributed by atoms with Crippen molar-refractivity contribution in [2.45, 2.75) is 31.7 Å². The number of hydrogen-bond acceptors (Lipinski definition) is 4. The maximum atomic E-state index is 11.0. The lowest BCUT2D eigenvalue weighted by molar-refractivity contribution is 0.317. The molecule has 0 spiro atoms. The molecule has 0 unspecified atom stereocenters. The van der Waals surface area contributed by atoms with Crippen LogP contribution in [0.5, 0.6) is 5.75 Å². The van der Waals surface area contributed by atoms with Crippen molar-refractivity contribution < 1.29 is 13.2 Å². The van der Waals surface area contributed by atoms with Crippen LogP contribution in [0.4, 0.5) is 0 Å². The van der Waals surface area contributed by atoms with E-state index in [1.54, 1.807) is 0 Å². The highest BCUT2D eigenvalue weighted by Crippen LogP contribution is 2.30. The van der Waals surface area contributed by atoms with E-state index in [9.17, 15) is 8.42 Å². The Labute approximate surface area is 114 Å². The third kappa shape index (κ3) is 4.21. The Bertz CT molecular complexity index is 540. The molecule has 0 heterocycles. The van der Waals surface area contributed by atoms with Gasteiger partial charge in [-0.15, -0.1) is 0 Å². The molecule has 0 bridgehead atoms. The molecule has 1 aliphatic carbocycles. The number of nitrogens with two attached hydrogens (primary N) is 1. The number of fused-ring (bicyclic) bond motifs is 1. The van der Waals surface area contributed by atoms with Gasteiger partial charge >= 0.3 is 0 Å². The van der Waals surface area contributed by atoms with E-state index in [-0.39, 0.29) is 11.8 Å². The fraction of sp³-hybridized carbons (Fsp3) is 0.571. The van der Waals surface area contributed by atoms with Crippen LogP contribution in [0.15, 0.2) is 18.2 Å². The van der Waals surface area contributed by atoms with Crippen LogP contribution >= 0.6 is 0 Å². The van der Waals surface area contributed by atoms with E-state index >= 15 is 0 Å². The van der Waals surface area contributed by atoms with Crippen LogP contribution in [0.25, 0.3) is 0 Å². The highest BCUT2D eigenvalue weighted by molar-refractivity contribution is 7.90. The molecule has 19 heavy (non-hydrogen) atoms. The average Bonchev–Trinajstić information content (AvgIpc) is 2.34. The second-order valence-corrected chi connectivity index (χ2v) is 7.45. The van der Waals surface area contributed by atoms with Gasteiger partial charge in [0.25, 0.3) is 0 Å². The van der Waals surface area contributed by atoms with Gasteiger partial charge in [-0.05, 0) is 48.9 Å². The molecule has 0 amide bonds. The number of rotatable bonds is 5. The van der Waals surface area contributed by atoms with Crippen LogP contribution in [0, 0.1) is 0 Å². The van der Waals surface area contributed by atoms with Gasteiger partial charge in [0.1, 0.15) is 15.6 Å². The topological polar surface area (TPSA) is 69.4 Å². The summed E-state index contributed by atoms with van der Waals surface area (Å²) in [5.41, 5.74) is 8.57. The summed E-state index contributed by atoms with van der Waals surface area (Å²) in [7, 11) is -2.90. The normalized spacial score (nSPS) is 18.9. The lowest BCUT2D eigenvalue weighted by Crippen LogP contribution is -2.17. The minimum Gasteiger partial charge on any atom is -0.494 e. The maximum absolute atomic E-state index is 11.0. The number of aryl methyl sites for hydroxylation is 1. The van der Waals surface area contributed by atoms with Crippen LogP contribution in [0.2, 0.25) is 0 Å². The van der Waals surface area contributed by atoms with E-state index in [0.29, 0.717) is 13.0 Å². The fourth-order valence-corrected chi connectivity index (χ4v) is 3.06. The SMILES string of the molecule is CS(=O)(=O)CCCOc1ccc2c(c1)[C@@H](N)CCC2. The molecule has 0 saturated heterocycles. The quantitative estimate of drug-likeness (QED) is 0.837. The van der Waals surface area contributed by atoms with Gasteiger partial charge in [-0.1, -0.05) is 6.07 Å². The number of benzene rings is 1. The van der Waals surface area contributed by atoms with E-state index in [4.69, 9.17) is 10.5 Å². The highest BCUT2D eigenvalue weighted by atomic mass is 32.2. The lowest BCUT2D eigenvalue weighted by Gasteiger charge is -2.22. The number of hydrogen-bond donors (Lipinski definition) is 1. The van der Waals surface area contributed by atoms with Crippen molar-refractivity contribution in [1.82, 2.24) is 0 Å². The third-order valence-corrected chi connectivity index (χ3v) is 4.44. The molecule has 0 aromatic heterocycles. The minimum atomic E-state index is -2.90. The van der Waals surface area contributed by atoms with Gasteiger partial charge in [-0.2, -0.15) is 0 Å². The predicted molar refractivity (Wildman–Crippen MR) is 76.1 cm³/mol. The van der Waals surface area contributed by atoms with Crippen molar-refractivity contribution in [2.24, 2.45) is 5.73 Å². The standard InChI is InChI=1S/C14H21NO3S/c1-19(16,17)9-3-8-18-12-7-6-11-4-2-5-14(15)13(11)10-12/h6-7,10,14H,2-5,8-9,15H2,1H3/t14-/m0/s1. The molecule has 5 heteroatoms. The molecule has 0 radical (unpaired) electrons. The lowest BCUT2D eigenvalue weighted by atomic mass is 9.88. The number of ether oxygens (including phenoxy) is 1. The van der Waals surface area contributed by atoms with Crippen LogP contribution in [0.3, 0.4) is 0 Å². The van der Waals surface area contributed by atoms with E-state index in [0.717, 1.165) is 25.0 Å². The van der Waals surface area contributed by atoms with E-state index in [2.05, 4.69) is 6.07 Å². The zero-order chi connectivity index (χ0) is 13.9. The van der Waals surface area contributed by atoms with E-state index < -0.39 is 9.84 Å². The predicted octanol–water partition coefficient (Wildman–Crippen LogP) is 1.84. The average molecular weight is 283 g/mol. The van der Waals surface area contributed by atoms with Crippen molar-refractivity contribution >= 4 is 9.84 Å². The molecule has 0 fully saturated rings. The Morgan fingerprint density at radius 3 is 2.95 bits per heavy atom. The first-order chi connectivity index (χ1) is 8.96. The molecule has 0 saturated carbocycles. The summed E-state index contributed by atoms with van der Waals surface area (Å²) in [4.78, 5) is 0. The zero-order valence-corrected chi connectivity index (χ0v) is 12.1. The first-order valence-electron chi connectivity index (χ1n) is 6.64. The summed E-state index contributed by atoms with van der Waals surface area (Å²) in [5, 5.41) is 0. The van der Waals surface area contributed by atoms with E-state index in [1.165, 1.54) is 17.4 Å². The van der Waals surface area contributed by atoms with Gasteiger partial charge in [-0.25, -0.2) is 8.42 Å². The van der Waals surface area contributed by atoms with Gasteiger partial charge in [0.05, 0.1) is 12.4 Å². The summed E-state index contributed by atoms with van der Waals surface area (Å²) >= 11 is 0. The fourth-order valence-electron chi connectivity index (χ4n) is 2.41. The van der Waals surface area contributed by atoms with Crippen LogP contribution in [-0.2, 0) is 16.3 Å². The molecule has 1 aromatic carbocycles. The summed E-state index contributed by atoms with van der Waals surface area (Å²) in [6.07, 6.45) is 5.00. The largest absolute Gasteiger partial charge is 0.494 e. The Balaban J connectivity index is 1.93. The van der Waals surface area contributed by atoms with Gasteiger partial charge in [-0.3, -0.25) is 0 Å². The molecule has 1 atom stereocenters. The molecule has 1 aromatic rings. The summed E-state index contributed by atoms with van der Waals surface area (Å²) in [6.45, 7) is 0.418. The summed E-state index contributed by atoms with van der Waals surface area (Å²) < 4.78 is 27.6. The molecule has 2 N–H and O–H groups in total. The van der Waals surface area contributed by atoms with Crippen LogP contribution < -0.4 is 10.5 Å². The van der Waals surface area contributed by atoms with Crippen molar-refractivity contribution in [3.63, 3.8) is 0 Å². The molecule has 2 rings (SSSR count). The summed E-state index contributed by atoms with van der Waals surface area (Å²) in [6, 6.07) is 6.11. The van der Waals surface area contributed by atoms with Crippen molar-refractivity contribution in [3.05, 3.63) is 29.3 Å². The zero-order valence-electron chi connectivity index (χ0n) is 11.3. The van der Waals surface area contributed by atoms with Crippen molar-refractivity contribution in [1.29, 1.82) is 0 Å². The van der Waals surface area contributed by atoms with Gasteiger partial charge in [0.15, 0.2) is 0 Å². The summed E-state index contributed by atoms with van der Waals surface area (Å²) in [5.74, 6) is 0.946. The van der Waals surface area contributed by atoms with Crippen molar-refractivity contribution in [3.8, 4) is 5.75 Å². The smallest absolute Gasteiger partial charge is 0.147 e. The number of sulfone groups is 1. The molecule has 0 aliphatic heterocycles. The monoisotopic (exact) mass is 283 g/mol. The van der Waals surface area contributed by atoms with Crippen molar-refractivity contribution in [2.75, 3.05) is 18.6 Å². The first-order valence-corrected chi connectivity index (χ1v) is 8.71. The molecule has 106 valence electrons. The second kappa shape index (κ2) is 5.92. The molecule has 1 aliphatic rings. The Morgan fingerprint density at radius 1 is 1.42 bits per heavy atom. The third-order valence-electron chi connectivity index (χ3n) is 3.41. The maximum Gasteiger partial charge on any atom is 0.147 e. The second-order valence-electron chi connectivity index (χ2n) is 5.19. The Hall–Kier alpha value is -1.07. The minimum absolute atomic E-state index is 0.100. The Kier molecular flexibility index (Phi) is 4.47. The van der Waals surface area contributed by atoms with Gasteiger partial charge in [0, 0.05) is 12.3 Å². The molecular formula is C14H21NO3S. The first kappa shape index (κ1) is 14.3. The van der Waals surface area contributed by atoms with E-state index in [1.807, 2.05) is 12.1 Å². The van der Waals surface area contributed by atoms with Crippen LogP contribution in [0.1, 0.15) is 36.4 Å². The Morgan fingerprint density at radius 2 is 2.21 bits per heavy atom. The molecular weight excluding hydrogens is 262 g/mol. The molecule has 4 nitrogen and oxygen atoms in total. The highest BCUT2D eigenvalue weighted by Gasteiger charge is 2.17.